The van der Waals surface area contributed by atoms with Crippen molar-refractivity contribution in [3.05, 3.63) is 29.2 Å². The van der Waals surface area contributed by atoms with Crippen LogP contribution in [0.5, 0.6) is 5.75 Å². The molecule has 5 heteroatoms. The summed E-state index contributed by atoms with van der Waals surface area (Å²) in [6, 6.07) is 3.72. The maximum absolute atomic E-state index is 9.75. The fourth-order valence-electron chi connectivity index (χ4n) is 1.90. The summed E-state index contributed by atoms with van der Waals surface area (Å²) >= 11 is 0. The smallest absolute Gasteiger partial charge is 0.240 e. The molecular formula is C14H19N3O2. The van der Waals surface area contributed by atoms with Crippen LogP contribution in [0.2, 0.25) is 0 Å². The van der Waals surface area contributed by atoms with Crippen molar-refractivity contribution in [3.8, 4) is 17.1 Å². The molecule has 2 aromatic rings. The third-order valence-corrected chi connectivity index (χ3v) is 2.92. The predicted octanol–water partition coefficient (Wildman–Crippen LogP) is 2.56. The third-order valence-electron chi connectivity index (χ3n) is 2.92. The lowest BCUT2D eigenvalue weighted by Gasteiger charge is -2.04. The molecule has 0 fully saturated rings. The number of aromatic hydroxyl groups is 1. The van der Waals surface area contributed by atoms with Gasteiger partial charge in [0.25, 0.3) is 0 Å². The molecule has 5 nitrogen and oxygen atoms in total. The van der Waals surface area contributed by atoms with E-state index in [1.165, 1.54) is 0 Å². The lowest BCUT2D eigenvalue weighted by atomic mass is 10.1. The van der Waals surface area contributed by atoms with Crippen LogP contribution in [0.15, 0.2) is 16.7 Å². The molecule has 0 atom stereocenters. The van der Waals surface area contributed by atoms with Crippen molar-refractivity contribution in [1.29, 1.82) is 0 Å². The Morgan fingerprint density at radius 1 is 1.26 bits per heavy atom. The second kappa shape index (κ2) is 5.84. The quantitative estimate of drug-likeness (QED) is 0.809. The first kappa shape index (κ1) is 13.5. The molecule has 2 rings (SSSR count). The van der Waals surface area contributed by atoms with Crippen molar-refractivity contribution in [2.24, 2.45) is 0 Å². The van der Waals surface area contributed by atoms with Gasteiger partial charge in [-0.3, -0.25) is 0 Å². The fraction of sp³-hybridized carbons (Fsp3) is 0.429. The third kappa shape index (κ3) is 3.12. The minimum atomic E-state index is 0.317. The highest BCUT2D eigenvalue weighted by molar-refractivity contribution is 5.60. The van der Waals surface area contributed by atoms with Crippen molar-refractivity contribution >= 4 is 0 Å². The molecule has 0 saturated heterocycles. The van der Waals surface area contributed by atoms with E-state index in [0.717, 1.165) is 29.7 Å². The Kier molecular flexibility index (Phi) is 4.16. The summed E-state index contributed by atoms with van der Waals surface area (Å²) in [5.41, 5.74) is 2.48. The molecule has 0 aliphatic rings. The van der Waals surface area contributed by atoms with Gasteiger partial charge in [-0.15, -0.1) is 0 Å². The number of nitrogens with one attached hydrogen (secondary N) is 1. The van der Waals surface area contributed by atoms with Gasteiger partial charge in [0.15, 0.2) is 0 Å². The molecule has 0 aliphatic carbocycles. The van der Waals surface area contributed by atoms with Gasteiger partial charge in [0.2, 0.25) is 11.7 Å². The van der Waals surface area contributed by atoms with Crippen molar-refractivity contribution in [2.75, 3.05) is 6.54 Å². The number of aromatic nitrogens is 2. The zero-order chi connectivity index (χ0) is 13.8. The molecule has 0 bridgehead atoms. The van der Waals surface area contributed by atoms with Gasteiger partial charge in [0.1, 0.15) is 5.75 Å². The van der Waals surface area contributed by atoms with Gasteiger partial charge >= 0.3 is 0 Å². The van der Waals surface area contributed by atoms with E-state index < -0.39 is 0 Å². The molecule has 0 amide bonds. The summed E-state index contributed by atoms with van der Waals surface area (Å²) < 4.78 is 5.19. The summed E-state index contributed by atoms with van der Waals surface area (Å²) in [4.78, 5) is 4.34. The summed E-state index contributed by atoms with van der Waals surface area (Å²) in [5.74, 6) is 1.45. The molecule has 0 radical (unpaired) electrons. The number of phenolic OH excluding ortho intramolecular Hbond substituents is 1. The summed E-state index contributed by atoms with van der Waals surface area (Å²) in [6.07, 6.45) is 1.07. The van der Waals surface area contributed by atoms with Gasteiger partial charge in [-0.2, -0.15) is 4.98 Å². The van der Waals surface area contributed by atoms with E-state index in [1.54, 1.807) is 0 Å². The summed E-state index contributed by atoms with van der Waals surface area (Å²) in [5, 5.41) is 16.9. The Labute approximate surface area is 112 Å². The van der Waals surface area contributed by atoms with E-state index in [2.05, 4.69) is 22.4 Å². The van der Waals surface area contributed by atoms with Crippen LogP contribution in [-0.4, -0.2) is 21.8 Å². The van der Waals surface area contributed by atoms with E-state index in [4.69, 9.17) is 4.52 Å². The van der Waals surface area contributed by atoms with Gasteiger partial charge in [-0.1, -0.05) is 12.1 Å². The highest BCUT2D eigenvalue weighted by Crippen LogP contribution is 2.27. The first-order chi connectivity index (χ1) is 9.11. The number of benzene rings is 1. The van der Waals surface area contributed by atoms with Crippen LogP contribution in [-0.2, 0) is 6.54 Å². The van der Waals surface area contributed by atoms with Crippen LogP contribution < -0.4 is 5.32 Å². The van der Waals surface area contributed by atoms with E-state index in [1.807, 2.05) is 26.0 Å². The van der Waals surface area contributed by atoms with Crippen LogP contribution >= 0.6 is 0 Å². The van der Waals surface area contributed by atoms with E-state index >= 15 is 0 Å². The number of aryl methyl sites for hydroxylation is 2. The van der Waals surface area contributed by atoms with Crippen molar-refractivity contribution in [2.45, 2.75) is 33.7 Å². The lowest BCUT2D eigenvalue weighted by molar-refractivity contribution is 0.368. The number of phenols is 1. The maximum Gasteiger partial charge on any atom is 0.240 e. The highest BCUT2D eigenvalue weighted by atomic mass is 16.5. The van der Waals surface area contributed by atoms with Gasteiger partial charge in [-0.05, 0) is 50.1 Å². The number of rotatable bonds is 5. The molecule has 0 saturated carbocycles. The lowest BCUT2D eigenvalue weighted by Crippen LogP contribution is -2.13. The SMILES string of the molecule is CCCNCc1nc(-c2cc(C)c(O)c(C)c2)no1. The van der Waals surface area contributed by atoms with Crippen LogP contribution in [0, 0.1) is 13.8 Å². The minimum absolute atomic E-state index is 0.317. The molecular weight excluding hydrogens is 242 g/mol. The first-order valence-corrected chi connectivity index (χ1v) is 6.45. The highest BCUT2D eigenvalue weighted by Gasteiger charge is 2.11. The molecule has 1 heterocycles. The van der Waals surface area contributed by atoms with Crippen molar-refractivity contribution in [1.82, 2.24) is 15.5 Å². The predicted molar refractivity (Wildman–Crippen MR) is 72.9 cm³/mol. The standard InChI is InChI=1S/C14H19N3O2/c1-4-5-15-8-12-16-14(17-19-12)11-6-9(2)13(18)10(3)7-11/h6-7,15,18H,4-5,8H2,1-3H3. The Bertz CT molecular complexity index is 541. The molecule has 19 heavy (non-hydrogen) atoms. The van der Waals surface area contributed by atoms with Crippen molar-refractivity contribution in [3.63, 3.8) is 0 Å². The molecule has 1 aromatic heterocycles. The number of nitrogens with zero attached hydrogens (tertiary/aromatic N) is 2. The number of hydrogen-bond donors (Lipinski definition) is 2. The Balaban J connectivity index is 2.18. The minimum Gasteiger partial charge on any atom is -0.507 e. The second-order valence-electron chi connectivity index (χ2n) is 4.65. The van der Waals surface area contributed by atoms with E-state index in [0.29, 0.717) is 24.0 Å². The van der Waals surface area contributed by atoms with Gasteiger partial charge in [-0.25, -0.2) is 0 Å². The fourth-order valence-corrected chi connectivity index (χ4v) is 1.90. The van der Waals surface area contributed by atoms with Crippen LogP contribution in [0.4, 0.5) is 0 Å². The summed E-state index contributed by atoms with van der Waals surface area (Å²) in [6.45, 7) is 7.32. The Hall–Kier alpha value is -1.88. The average Bonchev–Trinajstić information content (AvgIpc) is 2.84. The first-order valence-electron chi connectivity index (χ1n) is 6.45. The second-order valence-corrected chi connectivity index (χ2v) is 4.65. The van der Waals surface area contributed by atoms with Crippen LogP contribution in [0.1, 0.15) is 30.4 Å². The van der Waals surface area contributed by atoms with Gasteiger partial charge in [0, 0.05) is 5.56 Å². The normalized spacial score (nSPS) is 10.9. The molecule has 1 aromatic carbocycles. The maximum atomic E-state index is 9.75. The monoisotopic (exact) mass is 261 g/mol. The summed E-state index contributed by atoms with van der Waals surface area (Å²) in [7, 11) is 0. The van der Waals surface area contributed by atoms with E-state index in [-0.39, 0.29) is 0 Å². The molecule has 0 aliphatic heterocycles. The molecule has 0 spiro atoms. The van der Waals surface area contributed by atoms with Crippen LogP contribution in [0.3, 0.4) is 0 Å². The Morgan fingerprint density at radius 2 is 1.95 bits per heavy atom. The Morgan fingerprint density at radius 3 is 2.58 bits per heavy atom. The number of hydrogen-bond acceptors (Lipinski definition) is 5. The zero-order valence-corrected chi connectivity index (χ0v) is 11.5. The van der Waals surface area contributed by atoms with Gasteiger partial charge < -0.3 is 14.9 Å². The van der Waals surface area contributed by atoms with Crippen molar-refractivity contribution < 1.29 is 9.63 Å². The topological polar surface area (TPSA) is 71.2 Å². The average molecular weight is 261 g/mol. The largest absolute Gasteiger partial charge is 0.507 e. The molecule has 2 N–H and O–H groups in total. The molecule has 102 valence electrons. The van der Waals surface area contributed by atoms with E-state index in [9.17, 15) is 5.11 Å². The van der Waals surface area contributed by atoms with Gasteiger partial charge in [0.05, 0.1) is 6.54 Å². The van der Waals surface area contributed by atoms with Crippen LogP contribution in [0.25, 0.3) is 11.4 Å². The zero-order valence-electron chi connectivity index (χ0n) is 11.5. The molecule has 0 unspecified atom stereocenters.